The largest absolute Gasteiger partial charge is 2.00 e. The van der Waals surface area contributed by atoms with E-state index in [1.54, 1.807) is 12.1 Å². The van der Waals surface area contributed by atoms with Crippen LogP contribution in [0.25, 0.3) is 0 Å². The van der Waals surface area contributed by atoms with E-state index in [1.165, 1.54) is 50.9 Å². The van der Waals surface area contributed by atoms with Crippen LogP contribution in [0.15, 0.2) is 56.4 Å². The van der Waals surface area contributed by atoms with E-state index in [0.717, 1.165) is 0 Å². The zero-order valence-corrected chi connectivity index (χ0v) is 30.3. The summed E-state index contributed by atoms with van der Waals surface area (Å²) in [5, 5.41) is 65.3. The number of carboxylic acids is 2. The van der Waals surface area contributed by atoms with Crippen LogP contribution in [-0.2, 0) is 87.5 Å². The number of ether oxygens (including phenoxy) is 2. The van der Waals surface area contributed by atoms with Crippen LogP contribution in [0.4, 0.5) is 0 Å². The van der Waals surface area contributed by atoms with Gasteiger partial charge < -0.3 is 77.1 Å². The van der Waals surface area contributed by atoms with Crippen molar-refractivity contribution in [3.63, 3.8) is 0 Å². The van der Waals surface area contributed by atoms with Gasteiger partial charge in [-0.1, -0.05) is 23.6 Å². The molecule has 2 radical (unpaired) electrons. The normalized spacial score (nSPS) is 9.70. The van der Waals surface area contributed by atoms with Crippen molar-refractivity contribution >= 4 is 36.2 Å². The van der Waals surface area contributed by atoms with Crippen molar-refractivity contribution in [2.75, 3.05) is 40.4 Å². The number of carbonyl (C=O) groups excluding carboxylic acids is 2. The predicted octanol–water partition coefficient (Wildman–Crippen LogP) is -9.03. The Balaban J connectivity index is -0.0000000891. The molecule has 0 fully saturated rings. The van der Waals surface area contributed by atoms with Gasteiger partial charge in [0.05, 0.1) is 52.3 Å². The fourth-order valence-corrected chi connectivity index (χ4v) is 2.35. The van der Waals surface area contributed by atoms with Crippen LogP contribution in [0.3, 0.4) is 0 Å². The van der Waals surface area contributed by atoms with E-state index >= 15 is 0 Å². The zero-order chi connectivity index (χ0) is 28.5. The fourth-order valence-electron chi connectivity index (χ4n) is 2.35. The van der Waals surface area contributed by atoms with Gasteiger partial charge in [-0.2, -0.15) is 0 Å². The summed E-state index contributed by atoms with van der Waals surface area (Å²) in [6.07, 6.45) is 2.46. The van der Waals surface area contributed by atoms with Gasteiger partial charge in [-0.05, 0) is 47.2 Å². The molecule has 0 unspecified atom stereocenters. The molecule has 13 N–H and O–H groups in total. The second kappa shape index (κ2) is 34.5. The van der Waals surface area contributed by atoms with Crippen LogP contribution in [0, 0.1) is 0 Å². The molecule has 46 heavy (non-hydrogen) atoms. The minimum absolute atomic E-state index is 0. The smallest absolute Gasteiger partial charge is 0.872 e. The summed E-state index contributed by atoms with van der Waals surface area (Å²) in [6, 6.07) is 8.78. The van der Waals surface area contributed by atoms with Gasteiger partial charge in [0.1, 0.15) is 11.5 Å². The third-order valence-corrected chi connectivity index (χ3v) is 4.12. The third kappa shape index (κ3) is 27.0. The van der Waals surface area contributed by atoms with Crippen LogP contribution in [0.2, 0.25) is 0 Å². The second-order valence-corrected chi connectivity index (χ2v) is 6.91. The molecule has 0 saturated carbocycles. The van der Waals surface area contributed by atoms with E-state index in [2.05, 4.69) is 20.0 Å². The summed E-state index contributed by atoms with van der Waals surface area (Å²) in [5.41, 5.74) is 0.599. The molecule has 0 amide bonds. The first-order valence-corrected chi connectivity index (χ1v) is 10.6. The average Bonchev–Trinajstić information content (AvgIpc) is 2.88. The maximum atomic E-state index is 11.5. The van der Waals surface area contributed by atoms with Crippen molar-refractivity contribution in [2.45, 2.75) is 0 Å². The molecule has 262 valence electrons. The van der Waals surface area contributed by atoms with Gasteiger partial charge >= 0.3 is 61.4 Å². The molecule has 0 bridgehead atoms. The topological polar surface area (TPSA) is 402 Å². The van der Waals surface area contributed by atoms with E-state index in [1.807, 2.05) is 0 Å². The van der Waals surface area contributed by atoms with Gasteiger partial charge in [-0.15, -0.1) is 0 Å². The molecule has 19 nitrogen and oxygen atoms in total. The van der Waals surface area contributed by atoms with Crippen molar-refractivity contribution in [1.29, 1.82) is 0 Å². The molecule has 22 heteroatoms. The maximum absolute atomic E-state index is 11.5. The Hall–Kier alpha value is -3.38. The Labute approximate surface area is 304 Å². The number of methoxy groups -OCH3 is 2. The standard InChI is InChI=1S/2C12H14N2O5.Cd.2Cu.5H2O/c2*1-19-9-3-2-8(10(15)4-9)5-13-6-11(16)14-7-12(17)18;;;;;;;;/h2*2-5,15H,6-7H2,1H3,(H,14,16)(H,17,18);;;;5*1H2/q;;3*+2;;;;;/p-3. The summed E-state index contributed by atoms with van der Waals surface area (Å²) in [4.78, 5) is 33.9. The van der Waals surface area contributed by atoms with Crippen molar-refractivity contribution < 1.29 is 139 Å². The molecular formula is C24H35CdCu2N4O15+3. The molecule has 2 aromatic carbocycles. The third-order valence-electron chi connectivity index (χ3n) is 4.12. The first-order valence-electron chi connectivity index (χ1n) is 10.6. The van der Waals surface area contributed by atoms with Crippen molar-refractivity contribution in [3.8, 4) is 23.0 Å². The Morgan fingerprint density at radius 3 is 1.20 bits per heavy atom. The fraction of sp³-hybridized carbons (Fsp3) is 0.250. The minimum Gasteiger partial charge on any atom is -0.872 e. The van der Waals surface area contributed by atoms with Gasteiger partial charge in [0, 0.05) is 12.4 Å². The number of carboxylic acid groups (broad SMARTS) is 2. The molecule has 0 spiro atoms. The molecule has 0 aliphatic carbocycles. The predicted molar refractivity (Wildman–Crippen MR) is 146 cm³/mol. The maximum Gasteiger partial charge on any atom is 2.00 e. The molecular weight excluding hydrogens is 824 g/mol. The number of nitrogens with zero attached hydrogens (tertiary/aromatic N) is 4. The van der Waals surface area contributed by atoms with Gasteiger partial charge in [0.15, 0.2) is 0 Å². The Bertz CT molecular complexity index is 1140. The summed E-state index contributed by atoms with van der Waals surface area (Å²) in [6.45, 7) is -2.02. The SMILES string of the molecule is COc1ccc(C=NCC([O-])=NCC(=O)[O-])c([O-])c1.COc1ccc(C=NCC([O-])=NCC(=O)[O-])c([O-])c1.O.O.[Cd+2].[Cu+2].[Cu+2].[OH3+].[OH3+].[OH3+]. The molecule has 2 aromatic rings. The Kier molecular flexibility index (Phi) is 46.2. The van der Waals surface area contributed by atoms with Crippen molar-refractivity contribution in [3.05, 3.63) is 47.5 Å². The first kappa shape index (κ1) is 61.6. The second-order valence-electron chi connectivity index (χ2n) is 6.91. The van der Waals surface area contributed by atoms with Crippen LogP contribution in [0.5, 0.6) is 23.0 Å². The summed E-state index contributed by atoms with van der Waals surface area (Å²) < 4.78 is 9.74. The van der Waals surface area contributed by atoms with E-state index in [0.29, 0.717) is 22.6 Å². The van der Waals surface area contributed by atoms with Gasteiger partial charge in [-0.25, -0.2) is 0 Å². The Morgan fingerprint density at radius 1 is 0.652 bits per heavy atom. The van der Waals surface area contributed by atoms with Crippen LogP contribution in [0.1, 0.15) is 11.1 Å². The van der Waals surface area contributed by atoms with Crippen molar-refractivity contribution in [2.24, 2.45) is 20.0 Å². The van der Waals surface area contributed by atoms with Crippen molar-refractivity contribution in [1.82, 2.24) is 0 Å². The molecule has 0 aromatic heterocycles. The number of rotatable bonds is 12. The number of hydrogen-bond donors (Lipinski definition) is 0. The quantitative estimate of drug-likeness (QED) is 0.0839. The van der Waals surface area contributed by atoms with Crippen LogP contribution < -0.4 is 40.1 Å². The van der Waals surface area contributed by atoms with E-state index in [-0.39, 0.29) is 113 Å². The summed E-state index contributed by atoms with van der Waals surface area (Å²) in [5.74, 6) is -3.97. The Morgan fingerprint density at radius 2 is 0.957 bits per heavy atom. The van der Waals surface area contributed by atoms with Crippen LogP contribution in [-0.4, -0.2) is 87.5 Å². The number of benzene rings is 2. The van der Waals surface area contributed by atoms with Gasteiger partial charge in [-0.3, -0.25) is 20.0 Å². The van der Waals surface area contributed by atoms with E-state index < -0.39 is 36.8 Å². The number of carbonyl (C=O) groups is 2. The molecule has 0 aliphatic heterocycles. The first-order chi connectivity index (χ1) is 18.0. The molecule has 0 aliphatic rings. The van der Waals surface area contributed by atoms with Crippen LogP contribution >= 0.6 is 0 Å². The number of aliphatic imine (C=N–C) groups is 4. The number of hydrogen-bond acceptors (Lipinski definition) is 14. The summed E-state index contributed by atoms with van der Waals surface area (Å²) in [7, 11) is 2.89. The zero-order valence-electron chi connectivity index (χ0n) is 24.4. The monoisotopic (exact) mass is 859 g/mol. The molecule has 0 heterocycles. The minimum atomic E-state index is -1.44. The molecule has 0 atom stereocenters. The van der Waals surface area contributed by atoms with E-state index in [4.69, 9.17) is 9.47 Å². The average molecular weight is 859 g/mol. The molecule has 0 saturated heterocycles. The van der Waals surface area contributed by atoms with Gasteiger partial charge in [0.2, 0.25) is 0 Å². The summed E-state index contributed by atoms with van der Waals surface area (Å²) >= 11 is 0. The van der Waals surface area contributed by atoms with Gasteiger partial charge in [0.25, 0.3) is 0 Å². The van der Waals surface area contributed by atoms with E-state index in [9.17, 15) is 40.2 Å². The molecule has 2 rings (SSSR count). The number of aliphatic carboxylic acids is 2.